The highest BCUT2D eigenvalue weighted by molar-refractivity contribution is 5.98. The molecule has 7 heteroatoms. The Morgan fingerprint density at radius 1 is 1.33 bits per heavy atom. The maximum atomic E-state index is 12.2. The van der Waals surface area contributed by atoms with Crippen LogP contribution in [0.5, 0.6) is 11.5 Å². The molecule has 0 saturated carbocycles. The molecule has 1 aromatic carbocycles. The van der Waals surface area contributed by atoms with Crippen LogP contribution in [0.2, 0.25) is 0 Å². The lowest BCUT2D eigenvalue weighted by Gasteiger charge is -2.25. The second kappa shape index (κ2) is 6.01. The van der Waals surface area contributed by atoms with Crippen LogP contribution in [0.25, 0.3) is 0 Å². The SMILES string of the molecule is COCC(C)(NC(=O)c1ccc2c(c1)OCCO2)C(=O)O. The van der Waals surface area contributed by atoms with Gasteiger partial charge in [0.25, 0.3) is 5.91 Å². The van der Waals surface area contributed by atoms with Gasteiger partial charge in [0.05, 0.1) is 6.61 Å². The van der Waals surface area contributed by atoms with Crippen molar-refractivity contribution in [3.63, 3.8) is 0 Å². The number of fused-ring (bicyclic) bond motifs is 1. The molecule has 0 radical (unpaired) electrons. The van der Waals surface area contributed by atoms with Gasteiger partial charge in [-0.2, -0.15) is 0 Å². The van der Waals surface area contributed by atoms with Crippen molar-refractivity contribution in [1.29, 1.82) is 0 Å². The van der Waals surface area contributed by atoms with E-state index in [9.17, 15) is 14.7 Å². The molecule has 0 spiro atoms. The second-order valence-corrected chi connectivity index (χ2v) is 4.88. The minimum absolute atomic E-state index is 0.140. The quantitative estimate of drug-likeness (QED) is 0.829. The van der Waals surface area contributed by atoms with Gasteiger partial charge in [-0.3, -0.25) is 4.79 Å². The topological polar surface area (TPSA) is 94.1 Å². The molecule has 0 aliphatic carbocycles. The molecule has 0 saturated heterocycles. The Morgan fingerprint density at radius 3 is 2.62 bits per heavy atom. The van der Waals surface area contributed by atoms with Crippen LogP contribution in [0.1, 0.15) is 17.3 Å². The van der Waals surface area contributed by atoms with Crippen LogP contribution in [-0.2, 0) is 9.53 Å². The fourth-order valence-corrected chi connectivity index (χ4v) is 1.95. The third-order valence-corrected chi connectivity index (χ3v) is 3.10. The summed E-state index contributed by atoms with van der Waals surface area (Å²) in [6, 6.07) is 4.70. The van der Waals surface area contributed by atoms with Crippen molar-refractivity contribution in [3.8, 4) is 11.5 Å². The van der Waals surface area contributed by atoms with Crippen LogP contribution in [0.15, 0.2) is 18.2 Å². The van der Waals surface area contributed by atoms with Gasteiger partial charge >= 0.3 is 5.97 Å². The van der Waals surface area contributed by atoms with Crippen molar-refractivity contribution in [1.82, 2.24) is 5.32 Å². The number of hydrogen-bond donors (Lipinski definition) is 2. The maximum Gasteiger partial charge on any atom is 0.331 e. The first-order valence-corrected chi connectivity index (χ1v) is 6.41. The highest BCUT2D eigenvalue weighted by atomic mass is 16.6. The van der Waals surface area contributed by atoms with E-state index in [0.29, 0.717) is 30.3 Å². The van der Waals surface area contributed by atoms with Crippen molar-refractivity contribution in [2.75, 3.05) is 26.9 Å². The summed E-state index contributed by atoms with van der Waals surface area (Å²) in [5.74, 6) is -0.655. The van der Waals surface area contributed by atoms with E-state index >= 15 is 0 Å². The molecule has 1 atom stereocenters. The van der Waals surface area contributed by atoms with Crippen LogP contribution in [0.3, 0.4) is 0 Å². The lowest BCUT2D eigenvalue weighted by molar-refractivity contribution is -0.145. The summed E-state index contributed by atoms with van der Waals surface area (Å²) in [7, 11) is 1.37. The molecule has 7 nitrogen and oxygen atoms in total. The molecule has 2 rings (SSSR count). The number of carbonyl (C=O) groups is 2. The minimum Gasteiger partial charge on any atom is -0.486 e. The Balaban J connectivity index is 2.18. The predicted octanol–water partition coefficient (Wildman–Crippen LogP) is 0.677. The number of hydrogen-bond acceptors (Lipinski definition) is 5. The summed E-state index contributed by atoms with van der Waals surface area (Å²) in [4.78, 5) is 23.5. The predicted molar refractivity (Wildman–Crippen MR) is 72.8 cm³/mol. The lowest BCUT2D eigenvalue weighted by atomic mass is 10.0. The number of rotatable bonds is 5. The summed E-state index contributed by atoms with van der Waals surface area (Å²) in [6.07, 6.45) is 0. The van der Waals surface area contributed by atoms with Gasteiger partial charge in [0.15, 0.2) is 17.0 Å². The molecule has 1 heterocycles. The number of aliphatic carboxylic acids is 1. The average molecular weight is 295 g/mol. The van der Waals surface area contributed by atoms with E-state index in [-0.39, 0.29) is 6.61 Å². The van der Waals surface area contributed by atoms with Gasteiger partial charge in [-0.25, -0.2) is 4.79 Å². The Hall–Kier alpha value is -2.28. The number of methoxy groups -OCH3 is 1. The Morgan fingerprint density at radius 2 is 2.00 bits per heavy atom. The fourth-order valence-electron chi connectivity index (χ4n) is 1.95. The van der Waals surface area contributed by atoms with E-state index in [2.05, 4.69) is 5.32 Å². The van der Waals surface area contributed by atoms with E-state index in [1.54, 1.807) is 12.1 Å². The number of carboxylic acid groups (broad SMARTS) is 1. The fraction of sp³-hybridized carbons (Fsp3) is 0.429. The molecule has 0 bridgehead atoms. The van der Waals surface area contributed by atoms with Crippen LogP contribution in [-0.4, -0.2) is 49.5 Å². The molecule has 1 amide bonds. The zero-order chi connectivity index (χ0) is 15.5. The molecule has 2 N–H and O–H groups in total. The first kappa shape index (κ1) is 15.1. The Bertz CT molecular complexity index is 558. The number of ether oxygens (including phenoxy) is 3. The number of amides is 1. The summed E-state index contributed by atoms with van der Waals surface area (Å²) >= 11 is 0. The normalized spacial score (nSPS) is 15.9. The average Bonchev–Trinajstić information content (AvgIpc) is 2.46. The molecule has 1 unspecified atom stereocenters. The zero-order valence-electron chi connectivity index (χ0n) is 11.8. The van der Waals surface area contributed by atoms with Crippen molar-refractivity contribution in [2.24, 2.45) is 0 Å². The third kappa shape index (κ3) is 3.25. The highest BCUT2D eigenvalue weighted by Crippen LogP contribution is 2.30. The monoisotopic (exact) mass is 295 g/mol. The molecular formula is C14H17NO6. The van der Waals surface area contributed by atoms with Crippen molar-refractivity contribution < 1.29 is 28.9 Å². The van der Waals surface area contributed by atoms with Crippen molar-refractivity contribution in [3.05, 3.63) is 23.8 Å². The van der Waals surface area contributed by atoms with E-state index in [0.717, 1.165) is 0 Å². The van der Waals surface area contributed by atoms with Gasteiger partial charge < -0.3 is 24.6 Å². The van der Waals surface area contributed by atoms with Crippen LogP contribution in [0, 0.1) is 0 Å². The first-order valence-electron chi connectivity index (χ1n) is 6.41. The highest BCUT2D eigenvalue weighted by Gasteiger charge is 2.35. The molecule has 1 aliphatic heterocycles. The largest absolute Gasteiger partial charge is 0.486 e. The van der Waals surface area contributed by atoms with Crippen LogP contribution in [0.4, 0.5) is 0 Å². The van der Waals surface area contributed by atoms with Gasteiger partial charge in [0.2, 0.25) is 0 Å². The van der Waals surface area contributed by atoms with Crippen molar-refractivity contribution in [2.45, 2.75) is 12.5 Å². The number of benzene rings is 1. The maximum absolute atomic E-state index is 12.2. The van der Waals surface area contributed by atoms with Gasteiger partial charge in [-0.05, 0) is 25.1 Å². The number of carbonyl (C=O) groups excluding carboxylic acids is 1. The van der Waals surface area contributed by atoms with Crippen LogP contribution < -0.4 is 14.8 Å². The summed E-state index contributed by atoms with van der Waals surface area (Å²) < 4.78 is 15.6. The summed E-state index contributed by atoms with van der Waals surface area (Å²) in [6.45, 7) is 2.12. The van der Waals surface area contributed by atoms with Crippen LogP contribution >= 0.6 is 0 Å². The van der Waals surface area contributed by atoms with Crippen molar-refractivity contribution >= 4 is 11.9 Å². The third-order valence-electron chi connectivity index (χ3n) is 3.10. The van der Waals surface area contributed by atoms with E-state index < -0.39 is 17.4 Å². The van der Waals surface area contributed by atoms with E-state index in [4.69, 9.17) is 14.2 Å². The molecule has 0 aromatic heterocycles. The molecular weight excluding hydrogens is 278 g/mol. The zero-order valence-corrected chi connectivity index (χ0v) is 11.8. The smallest absolute Gasteiger partial charge is 0.331 e. The molecule has 21 heavy (non-hydrogen) atoms. The second-order valence-electron chi connectivity index (χ2n) is 4.88. The molecule has 114 valence electrons. The lowest BCUT2D eigenvalue weighted by Crippen LogP contribution is -2.55. The summed E-state index contributed by atoms with van der Waals surface area (Å²) in [5.41, 5.74) is -1.21. The number of carboxylic acids is 1. The van der Waals surface area contributed by atoms with Gasteiger partial charge in [-0.15, -0.1) is 0 Å². The Labute approximate surface area is 121 Å². The van der Waals surface area contributed by atoms with E-state index in [1.165, 1.54) is 20.1 Å². The minimum atomic E-state index is -1.50. The van der Waals surface area contributed by atoms with Gasteiger partial charge in [-0.1, -0.05) is 0 Å². The summed E-state index contributed by atoms with van der Waals surface area (Å²) in [5, 5.41) is 11.7. The van der Waals surface area contributed by atoms with Gasteiger partial charge in [0.1, 0.15) is 13.2 Å². The molecule has 1 aromatic rings. The molecule has 0 fully saturated rings. The first-order chi connectivity index (χ1) is 9.96. The Kier molecular flexibility index (Phi) is 4.32. The number of nitrogens with one attached hydrogen (secondary N) is 1. The standard InChI is InChI=1S/C14H17NO6/c1-14(8-19-2,13(17)18)15-12(16)9-3-4-10-11(7-9)21-6-5-20-10/h3-4,7H,5-6,8H2,1-2H3,(H,15,16)(H,17,18). The van der Waals surface area contributed by atoms with E-state index in [1.807, 2.05) is 0 Å². The van der Waals surface area contributed by atoms with Gasteiger partial charge in [0, 0.05) is 12.7 Å². The molecule has 1 aliphatic rings.